The Morgan fingerprint density at radius 3 is 2.90 bits per heavy atom. The summed E-state index contributed by atoms with van der Waals surface area (Å²) in [7, 11) is 0. The molecule has 3 rings (SSSR count). The first-order chi connectivity index (χ1) is 10.3. The molecular formula is C17H16BrN3. The van der Waals surface area contributed by atoms with Gasteiger partial charge in [0, 0.05) is 16.7 Å². The molecule has 0 bridgehead atoms. The molecule has 21 heavy (non-hydrogen) atoms. The molecule has 4 heteroatoms. The van der Waals surface area contributed by atoms with Crippen LogP contribution in [0.3, 0.4) is 0 Å². The first-order valence-corrected chi connectivity index (χ1v) is 7.97. The van der Waals surface area contributed by atoms with E-state index in [-0.39, 0.29) is 0 Å². The van der Waals surface area contributed by atoms with E-state index < -0.39 is 0 Å². The summed E-state index contributed by atoms with van der Waals surface area (Å²) < 4.78 is 1.06. The minimum absolute atomic E-state index is 0.644. The van der Waals surface area contributed by atoms with Gasteiger partial charge in [0.05, 0.1) is 5.56 Å². The van der Waals surface area contributed by atoms with E-state index in [0.717, 1.165) is 28.6 Å². The predicted octanol–water partition coefficient (Wildman–Crippen LogP) is 4.21. The lowest BCUT2D eigenvalue weighted by Crippen LogP contribution is -2.10. The summed E-state index contributed by atoms with van der Waals surface area (Å²) in [5.74, 6) is 0.707. The normalized spacial score (nSPS) is 13.3. The number of hydrogen-bond acceptors (Lipinski definition) is 3. The third-order valence-electron chi connectivity index (χ3n) is 3.77. The van der Waals surface area contributed by atoms with Gasteiger partial charge in [-0.2, -0.15) is 5.26 Å². The number of rotatable bonds is 3. The van der Waals surface area contributed by atoms with Gasteiger partial charge in [-0.25, -0.2) is 4.98 Å². The first kappa shape index (κ1) is 14.1. The van der Waals surface area contributed by atoms with Gasteiger partial charge in [0.1, 0.15) is 11.9 Å². The van der Waals surface area contributed by atoms with Crippen LogP contribution >= 0.6 is 15.9 Å². The molecule has 1 aromatic heterocycles. The maximum absolute atomic E-state index is 9.32. The molecule has 1 N–H and O–H groups in total. The number of nitrogens with zero attached hydrogens (tertiary/aromatic N) is 2. The van der Waals surface area contributed by atoms with Crippen LogP contribution < -0.4 is 5.32 Å². The Hall–Kier alpha value is -1.86. The highest BCUT2D eigenvalue weighted by atomic mass is 79.9. The van der Waals surface area contributed by atoms with Crippen molar-refractivity contribution in [2.24, 2.45) is 0 Å². The summed E-state index contributed by atoms with van der Waals surface area (Å²) in [5, 5.41) is 12.6. The van der Waals surface area contributed by atoms with E-state index >= 15 is 0 Å². The highest BCUT2D eigenvalue weighted by molar-refractivity contribution is 9.10. The Labute approximate surface area is 133 Å². The second-order valence-electron chi connectivity index (χ2n) is 5.29. The number of hydrogen-bond donors (Lipinski definition) is 1. The molecule has 0 radical (unpaired) electrons. The number of aromatic nitrogens is 1. The zero-order valence-electron chi connectivity index (χ0n) is 11.7. The van der Waals surface area contributed by atoms with Gasteiger partial charge >= 0.3 is 0 Å². The fourth-order valence-corrected chi connectivity index (χ4v) is 3.13. The summed E-state index contributed by atoms with van der Waals surface area (Å²) in [5.41, 5.74) is 4.20. The smallest absolute Gasteiger partial charge is 0.144 e. The van der Waals surface area contributed by atoms with Crippen molar-refractivity contribution >= 4 is 21.7 Å². The van der Waals surface area contributed by atoms with Crippen molar-refractivity contribution in [1.82, 2.24) is 4.98 Å². The van der Waals surface area contributed by atoms with Gasteiger partial charge in [-0.15, -0.1) is 0 Å². The van der Waals surface area contributed by atoms with E-state index in [2.05, 4.69) is 44.4 Å². The van der Waals surface area contributed by atoms with Gasteiger partial charge in [-0.1, -0.05) is 28.1 Å². The molecule has 1 aliphatic rings. The van der Waals surface area contributed by atoms with Crippen molar-refractivity contribution in [3.05, 3.63) is 57.2 Å². The summed E-state index contributed by atoms with van der Waals surface area (Å²) in [6.45, 7) is 0.667. The monoisotopic (exact) mass is 341 g/mol. The van der Waals surface area contributed by atoms with Crippen molar-refractivity contribution in [1.29, 1.82) is 5.26 Å². The Morgan fingerprint density at radius 2 is 2.10 bits per heavy atom. The maximum atomic E-state index is 9.32. The molecule has 0 saturated carbocycles. The zero-order chi connectivity index (χ0) is 14.7. The van der Waals surface area contributed by atoms with E-state index in [1.54, 1.807) is 0 Å². The number of halogens is 1. The van der Waals surface area contributed by atoms with Gasteiger partial charge < -0.3 is 5.32 Å². The molecule has 3 nitrogen and oxygen atoms in total. The molecule has 0 atom stereocenters. The van der Waals surface area contributed by atoms with Gasteiger partial charge in [-0.3, -0.25) is 0 Å². The Morgan fingerprint density at radius 1 is 1.24 bits per heavy atom. The fourth-order valence-electron chi connectivity index (χ4n) is 2.69. The minimum atomic E-state index is 0.644. The third-order valence-corrected chi connectivity index (χ3v) is 4.26. The molecule has 0 amide bonds. The highest BCUT2D eigenvalue weighted by Crippen LogP contribution is 2.24. The van der Waals surface area contributed by atoms with Gasteiger partial charge in [0.2, 0.25) is 0 Å². The number of fused-ring (bicyclic) bond motifs is 1. The number of nitrogens with one attached hydrogen (secondary N) is 1. The molecule has 0 fully saturated rings. The van der Waals surface area contributed by atoms with E-state index in [0.29, 0.717) is 17.9 Å². The van der Waals surface area contributed by atoms with Gasteiger partial charge in [0.15, 0.2) is 0 Å². The quantitative estimate of drug-likeness (QED) is 0.909. The Kier molecular flexibility index (Phi) is 4.21. The van der Waals surface area contributed by atoms with E-state index in [1.807, 2.05) is 18.2 Å². The molecule has 0 saturated heterocycles. The molecule has 1 aliphatic carbocycles. The van der Waals surface area contributed by atoms with Gasteiger partial charge in [-0.05, 0) is 55.0 Å². The molecule has 1 aromatic carbocycles. The minimum Gasteiger partial charge on any atom is -0.365 e. The Bertz CT molecular complexity index is 704. The number of pyridine rings is 1. The highest BCUT2D eigenvalue weighted by Gasteiger charge is 2.14. The lowest BCUT2D eigenvalue weighted by Gasteiger charge is -2.17. The molecule has 1 heterocycles. The standard InChI is InChI=1S/C17H16BrN3/c18-15-6-3-4-12(8-15)11-20-17-14(10-19)9-13-5-1-2-7-16(13)21-17/h3-4,6,8-9H,1-2,5,7,11H2,(H,20,21). The van der Waals surface area contributed by atoms with Crippen LogP contribution in [-0.4, -0.2) is 4.98 Å². The summed E-state index contributed by atoms with van der Waals surface area (Å²) in [4.78, 5) is 4.68. The van der Waals surface area contributed by atoms with Crippen LogP contribution in [0.4, 0.5) is 5.82 Å². The van der Waals surface area contributed by atoms with E-state index in [1.165, 1.54) is 18.4 Å². The molecule has 106 valence electrons. The number of benzene rings is 1. The first-order valence-electron chi connectivity index (χ1n) is 7.17. The summed E-state index contributed by atoms with van der Waals surface area (Å²) in [6.07, 6.45) is 4.46. The van der Waals surface area contributed by atoms with Crippen LogP contribution in [0.25, 0.3) is 0 Å². The lowest BCUT2D eigenvalue weighted by atomic mass is 9.95. The third kappa shape index (κ3) is 3.25. The maximum Gasteiger partial charge on any atom is 0.144 e. The number of aryl methyl sites for hydroxylation is 2. The lowest BCUT2D eigenvalue weighted by molar-refractivity contribution is 0.668. The van der Waals surface area contributed by atoms with Crippen LogP contribution in [0.15, 0.2) is 34.8 Å². The van der Waals surface area contributed by atoms with Crippen LogP contribution in [0.2, 0.25) is 0 Å². The van der Waals surface area contributed by atoms with Crippen LogP contribution in [0.5, 0.6) is 0 Å². The zero-order valence-corrected chi connectivity index (χ0v) is 13.3. The topological polar surface area (TPSA) is 48.7 Å². The van der Waals surface area contributed by atoms with Crippen molar-refractivity contribution in [2.45, 2.75) is 32.2 Å². The van der Waals surface area contributed by atoms with Crippen molar-refractivity contribution in [3.8, 4) is 6.07 Å². The SMILES string of the molecule is N#Cc1cc2c(nc1NCc1cccc(Br)c1)CCCC2. The second-order valence-corrected chi connectivity index (χ2v) is 6.21. The average molecular weight is 342 g/mol. The van der Waals surface area contributed by atoms with Crippen molar-refractivity contribution < 1.29 is 0 Å². The molecular weight excluding hydrogens is 326 g/mol. The van der Waals surface area contributed by atoms with Crippen LogP contribution in [0.1, 0.15) is 35.2 Å². The van der Waals surface area contributed by atoms with Crippen LogP contribution in [0, 0.1) is 11.3 Å². The molecule has 0 unspecified atom stereocenters. The Balaban J connectivity index is 1.83. The largest absolute Gasteiger partial charge is 0.365 e. The van der Waals surface area contributed by atoms with E-state index in [4.69, 9.17) is 0 Å². The van der Waals surface area contributed by atoms with E-state index in [9.17, 15) is 5.26 Å². The average Bonchev–Trinajstić information content (AvgIpc) is 2.52. The second kappa shape index (κ2) is 6.28. The van der Waals surface area contributed by atoms with Crippen LogP contribution in [-0.2, 0) is 19.4 Å². The summed E-state index contributed by atoms with van der Waals surface area (Å²) >= 11 is 3.47. The van der Waals surface area contributed by atoms with Crippen molar-refractivity contribution in [2.75, 3.05) is 5.32 Å². The van der Waals surface area contributed by atoms with Crippen molar-refractivity contribution in [3.63, 3.8) is 0 Å². The molecule has 2 aromatic rings. The molecule has 0 spiro atoms. The number of anilines is 1. The van der Waals surface area contributed by atoms with Gasteiger partial charge in [0.25, 0.3) is 0 Å². The molecule has 0 aliphatic heterocycles. The predicted molar refractivity (Wildman–Crippen MR) is 87.1 cm³/mol. The summed E-state index contributed by atoms with van der Waals surface area (Å²) in [6, 6.07) is 12.4. The number of nitriles is 1. The fraction of sp³-hybridized carbons (Fsp3) is 0.294.